The minimum atomic E-state index is -0.607. The first kappa shape index (κ1) is 15.6. The van der Waals surface area contributed by atoms with Crippen LogP contribution in [-0.2, 0) is 4.79 Å². The second-order valence-electron chi connectivity index (χ2n) is 5.96. The van der Waals surface area contributed by atoms with Crippen LogP contribution >= 0.6 is 0 Å². The van der Waals surface area contributed by atoms with Crippen molar-refractivity contribution in [2.24, 2.45) is 5.92 Å². The van der Waals surface area contributed by atoms with Crippen molar-refractivity contribution in [2.45, 2.75) is 26.4 Å². The zero-order valence-corrected chi connectivity index (χ0v) is 13.2. The fraction of sp³-hybridized carbons (Fsp3) is 0.562. The van der Waals surface area contributed by atoms with Gasteiger partial charge in [-0.25, -0.2) is 0 Å². The molecule has 1 N–H and O–H groups in total. The van der Waals surface area contributed by atoms with E-state index < -0.39 is 6.10 Å². The number of rotatable bonds is 4. The summed E-state index contributed by atoms with van der Waals surface area (Å²) >= 11 is 0. The summed E-state index contributed by atoms with van der Waals surface area (Å²) in [5.41, 5.74) is 1.82. The summed E-state index contributed by atoms with van der Waals surface area (Å²) in [6.07, 6.45) is -0.461. The van der Waals surface area contributed by atoms with Crippen molar-refractivity contribution in [3.05, 3.63) is 18.2 Å². The lowest BCUT2D eigenvalue weighted by Gasteiger charge is -2.31. The molecule has 0 saturated carbocycles. The molecule has 0 bridgehead atoms. The van der Waals surface area contributed by atoms with Crippen molar-refractivity contribution in [3.63, 3.8) is 0 Å². The Morgan fingerprint density at radius 1 is 1.43 bits per heavy atom. The van der Waals surface area contributed by atoms with Crippen LogP contribution in [0.2, 0.25) is 0 Å². The van der Waals surface area contributed by atoms with E-state index in [1.807, 2.05) is 51.0 Å². The molecule has 0 fully saturated rings. The number of anilines is 2. The lowest BCUT2D eigenvalue weighted by molar-refractivity contribution is -0.121. The molecule has 1 unspecified atom stereocenters. The molecule has 0 aliphatic carbocycles. The number of ether oxygens (including phenoxy) is 1. The van der Waals surface area contributed by atoms with Crippen molar-refractivity contribution < 1.29 is 14.6 Å². The third-order valence-corrected chi connectivity index (χ3v) is 3.78. The molecule has 1 aromatic rings. The van der Waals surface area contributed by atoms with Crippen LogP contribution in [0.4, 0.5) is 11.4 Å². The number of hydrogen-bond acceptors (Lipinski definition) is 4. The topological polar surface area (TPSA) is 53.0 Å². The van der Waals surface area contributed by atoms with E-state index in [2.05, 4.69) is 0 Å². The van der Waals surface area contributed by atoms with Crippen molar-refractivity contribution in [3.8, 4) is 5.75 Å². The van der Waals surface area contributed by atoms with Gasteiger partial charge in [-0.3, -0.25) is 4.79 Å². The summed E-state index contributed by atoms with van der Waals surface area (Å²) in [5, 5.41) is 9.91. The molecular weight excluding hydrogens is 268 g/mol. The van der Waals surface area contributed by atoms with Gasteiger partial charge in [0.05, 0.1) is 24.8 Å². The Kier molecular flexibility index (Phi) is 4.73. The van der Waals surface area contributed by atoms with E-state index in [9.17, 15) is 9.90 Å². The summed E-state index contributed by atoms with van der Waals surface area (Å²) in [7, 11) is 3.93. The van der Waals surface area contributed by atoms with Crippen LogP contribution in [0.15, 0.2) is 18.2 Å². The number of nitrogens with zero attached hydrogens (tertiary/aromatic N) is 2. The van der Waals surface area contributed by atoms with Gasteiger partial charge in [-0.05, 0) is 18.1 Å². The van der Waals surface area contributed by atoms with Crippen molar-refractivity contribution in [1.29, 1.82) is 0 Å². The normalized spacial score (nSPS) is 15.4. The zero-order chi connectivity index (χ0) is 15.6. The maximum Gasteiger partial charge on any atom is 0.229 e. The number of aliphatic hydroxyl groups excluding tert-OH is 1. The molecule has 0 saturated heterocycles. The van der Waals surface area contributed by atoms with Crippen LogP contribution < -0.4 is 14.5 Å². The molecule has 1 aliphatic heterocycles. The third-order valence-electron chi connectivity index (χ3n) is 3.78. The predicted molar refractivity (Wildman–Crippen MR) is 84.1 cm³/mol. The van der Waals surface area contributed by atoms with E-state index in [0.29, 0.717) is 13.2 Å². The quantitative estimate of drug-likeness (QED) is 0.920. The largest absolute Gasteiger partial charge is 0.489 e. The van der Waals surface area contributed by atoms with Crippen LogP contribution in [0.3, 0.4) is 0 Å². The van der Waals surface area contributed by atoms with Crippen LogP contribution in [0.1, 0.15) is 20.3 Å². The van der Waals surface area contributed by atoms with Crippen molar-refractivity contribution in [1.82, 2.24) is 0 Å². The van der Waals surface area contributed by atoms with Gasteiger partial charge in [-0.1, -0.05) is 13.8 Å². The Morgan fingerprint density at radius 3 is 2.76 bits per heavy atom. The predicted octanol–water partition coefficient (Wildman–Crippen LogP) is 1.88. The average Bonchev–Trinajstić information content (AvgIpc) is 2.45. The number of benzene rings is 1. The molecule has 0 spiro atoms. The molecule has 0 radical (unpaired) electrons. The fourth-order valence-electron chi connectivity index (χ4n) is 2.27. The van der Waals surface area contributed by atoms with Crippen LogP contribution in [0, 0.1) is 5.92 Å². The van der Waals surface area contributed by atoms with E-state index in [-0.39, 0.29) is 18.2 Å². The highest BCUT2D eigenvalue weighted by molar-refractivity contribution is 5.96. The highest BCUT2D eigenvalue weighted by atomic mass is 16.5. The summed E-state index contributed by atoms with van der Waals surface area (Å²) in [6.45, 7) is 4.83. The van der Waals surface area contributed by atoms with Gasteiger partial charge >= 0.3 is 0 Å². The number of aliphatic hydroxyl groups is 1. The first-order chi connectivity index (χ1) is 9.90. The molecule has 21 heavy (non-hydrogen) atoms. The van der Waals surface area contributed by atoms with E-state index in [1.54, 1.807) is 4.90 Å². The second kappa shape index (κ2) is 6.35. The maximum absolute atomic E-state index is 12.4. The van der Waals surface area contributed by atoms with Gasteiger partial charge in [-0.2, -0.15) is 0 Å². The number of hydrogen-bond donors (Lipinski definition) is 1. The van der Waals surface area contributed by atoms with Gasteiger partial charge in [-0.15, -0.1) is 0 Å². The Labute approximate surface area is 126 Å². The molecule has 2 rings (SSSR count). The van der Waals surface area contributed by atoms with Gasteiger partial charge in [0.25, 0.3) is 0 Å². The van der Waals surface area contributed by atoms with Gasteiger partial charge in [0.15, 0.2) is 0 Å². The molecule has 1 aliphatic rings. The van der Waals surface area contributed by atoms with Crippen molar-refractivity contribution in [2.75, 3.05) is 37.0 Å². The Bertz CT molecular complexity index is 514. The fourth-order valence-corrected chi connectivity index (χ4v) is 2.27. The minimum Gasteiger partial charge on any atom is -0.489 e. The standard InChI is InChI=1S/C16H24N2O3/c1-11(2)14(19)10-16(20)18-7-8-21-15-9-12(17(3)4)5-6-13(15)18/h5-6,9,11,14,19H,7-8,10H2,1-4H3. The number of amides is 1. The van der Waals surface area contributed by atoms with Crippen LogP contribution in [0.5, 0.6) is 5.75 Å². The molecule has 5 heteroatoms. The molecular formula is C16H24N2O3. The van der Waals surface area contributed by atoms with E-state index in [1.165, 1.54) is 0 Å². The maximum atomic E-state index is 12.4. The molecule has 5 nitrogen and oxygen atoms in total. The highest BCUT2D eigenvalue weighted by Gasteiger charge is 2.26. The lowest BCUT2D eigenvalue weighted by Crippen LogP contribution is -2.40. The number of carbonyl (C=O) groups is 1. The van der Waals surface area contributed by atoms with Crippen LogP contribution in [-0.4, -0.2) is 44.4 Å². The summed E-state index contributed by atoms with van der Waals surface area (Å²) in [5.74, 6) is 0.740. The Morgan fingerprint density at radius 2 is 2.14 bits per heavy atom. The molecule has 1 atom stereocenters. The molecule has 116 valence electrons. The van der Waals surface area contributed by atoms with E-state index >= 15 is 0 Å². The average molecular weight is 292 g/mol. The first-order valence-corrected chi connectivity index (χ1v) is 7.32. The molecule has 1 heterocycles. The first-order valence-electron chi connectivity index (χ1n) is 7.32. The van der Waals surface area contributed by atoms with E-state index in [4.69, 9.17) is 4.74 Å². The molecule has 1 amide bonds. The van der Waals surface area contributed by atoms with Gasteiger partial charge in [0, 0.05) is 25.8 Å². The highest BCUT2D eigenvalue weighted by Crippen LogP contribution is 2.35. The van der Waals surface area contributed by atoms with Gasteiger partial charge in [0.2, 0.25) is 5.91 Å². The van der Waals surface area contributed by atoms with Crippen molar-refractivity contribution >= 4 is 17.3 Å². The van der Waals surface area contributed by atoms with Gasteiger partial charge < -0.3 is 19.6 Å². The third kappa shape index (κ3) is 3.47. The molecule has 0 aromatic heterocycles. The Hall–Kier alpha value is -1.75. The van der Waals surface area contributed by atoms with E-state index in [0.717, 1.165) is 17.1 Å². The summed E-state index contributed by atoms with van der Waals surface area (Å²) in [4.78, 5) is 16.1. The van der Waals surface area contributed by atoms with Gasteiger partial charge in [0.1, 0.15) is 12.4 Å². The number of fused-ring (bicyclic) bond motifs is 1. The Balaban J connectivity index is 2.20. The minimum absolute atomic E-state index is 0.0571. The smallest absolute Gasteiger partial charge is 0.229 e. The second-order valence-corrected chi connectivity index (χ2v) is 5.96. The van der Waals surface area contributed by atoms with Crippen LogP contribution in [0.25, 0.3) is 0 Å². The summed E-state index contributed by atoms with van der Waals surface area (Å²) in [6, 6.07) is 5.81. The lowest BCUT2D eigenvalue weighted by atomic mass is 10.0. The monoisotopic (exact) mass is 292 g/mol. The molecule has 1 aromatic carbocycles. The SMILES string of the molecule is CC(C)C(O)CC(=O)N1CCOc2cc(N(C)C)ccc21. The number of carbonyl (C=O) groups excluding carboxylic acids is 1. The zero-order valence-electron chi connectivity index (χ0n) is 13.2. The summed E-state index contributed by atoms with van der Waals surface area (Å²) < 4.78 is 5.66.